The maximum absolute atomic E-state index is 2.29. The molecule has 0 aliphatic heterocycles. The van der Waals surface area contributed by atoms with Crippen LogP contribution in [0, 0.1) is 0 Å². The Hall–Kier alpha value is -0.780. The van der Waals surface area contributed by atoms with E-state index in [-0.39, 0.29) is 0 Å². The molecule has 1 atom stereocenters. The SMILES string of the molecule is CCCCCCC(CCC)c1ccccc1. The van der Waals surface area contributed by atoms with Gasteiger partial charge in [0.05, 0.1) is 0 Å². The number of rotatable bonds is 8. The van der Waals surface area contributed by atoms with Gasteiger partial charge in [0, 0.05) is 0 Å². The summed E-state index contributed by atoms with van der Waals surface area (Å²) in [5.41, 5.74) is 1.54. The van der Waals surface area contributed by atoms with E-state index in [4.69, 9.17) is 0 Å². The first kappa shape index (κ1) is 13.3. The van der Waals surface area contributed by atoms with Crippen LogP contribution in [-0.2, 0) is 0 Å². The molecule has 0 bridgehead atoms. The van der Waals surface area contributed by atoms with Crippen molar-refractivity contribution in [2.75, 3.05) is 0 Å². The Morgan fingerprint density at radius 1 is 0.812 bits per heavy atom. The quantitative estimate of drug-likeness (QED) is 0.502. The molecular formula is C16H26. The summed E-state index contributed by atoms with van der Waals surface area (Å²) >= 11 is 0. The molecule has 0 fully saturated rings. The van der Waals surface area contributed by atoms with Gasteiger partial charge in [-0.25, -0.2) is 0 Å². The van der Waals surface area contributed by atoms with Crippen molar-refractivity contribution in [1.29, 1.82) is 0 Å². The van der Waals surface area contributed by atoms with E-state index in [0.717, 1.165) is 5.92 Å². The van der Waals surface area contributed by atoms with E-state index in [2.05, 4.69) is 44.2 Å². The van der Waals surface area contributed by atoms with Gasteiger partial charge in [-0.05, 0) is 24.3 Å². The lowest BCUT2D eigenvalue weighted by atomic mass is 9.89. The van der Waals surface area contributed by atoms with Gasteiger partial charge in [-0.2, -0.15) is 0 Å². The van der Waals surface area contributed by atoms with Crippen LogP contribution in [-0.4, -0.2) is 0 Å². The summed E-state index contributed by atoms with van der Waals surface area (Å²) in [5.74, 6) is 0.794. The molecule has 1 rings (SSSR count). The second-order valence-corrected chi connectivity index (χ2v) is 4.75. The topological polar surface area (TPSA) is 0 Å². The molecule has 0 aromatic heterocycles. The average Bonchev–Trinajstić information content (AvgIpc) is 2.34. The van der Waals surface area contributed by atoms with Crippen molar-refractivity contribution in [2.24, 2.45) is 0 Å². The zero-order chi connectivity index (χ0) is 11.6. The van der Waals surface area contributed by atoms with Crippen molar-refractivity contribution < 1.29 is 0 Å². The van der Waals surface area contributed by atoms with E-state index in [9.17, 15) is 0 Å². The number of hydrogen-bond donors (Lipinski definition) is 0. The molecule has 1 aromatic rings. The summed E-state index contributed by atoms with van der Waals surface area (Å²) in [6.45, 7) is 4.57. The highest BCUT2D eigenvalue weighted by atomic mass is 14.1. The minimum absolute atomic E-state index is 0.794. The summed E-state index contributed by atoms with van der Waals surface area (Å²) < 4.78 is 0. The number of unbranched alkanes of at least 4 members (excludes halogenated alkanes) is 3. The van der Waals surface area contributed by atoms with Gasteiger partial charge < -0.3 is 0 Å². The normalized spacial score (nSPS) is 12.6. The lowest BCUT2D eigenvalue weighted by molar-refractivity contribution is 0.521. The Balaban J connectivity index is 2.41. The minimum Gasteiger partial charge on any atom is -0.0654 e. The monoisotopic (exact) mass is 218 g/mol. The third-order valence-electron chi connectivity index (χ3n) is 3.31. The molecule has 16 heavy (non-hydrogen) atoms. The van der Waals surface area contributed by atoms with Crippen LogP contribution in [0.1, 0.15) is 70.3 Å². The summed E-state index contributed by atoms with van der Waals surface area (Å²) in [6.07, 6.45) is 9.55. The van der Waals surface area contributed by atoms with E-state index in [0.29, 0.717) is 0 Å². The van der Waals surface area contributed by atoms with Crippen molar-refractivity contribution in [3.63, 3.8) is 0 Å². The van der Waals surface area contributed by atoms with E-state index >= 15 is 0 Å². The lowest BCUT2D eigenvalue weighted by Gasteiger charge is -2.16. The number of hydrogen-bond acceptors (Lipinski definition) is 0. The fraction of sp³-hybridized carbons (Fsp3) is 0.625. The van der Waals surface area contributed by atoms with E-state index in [1.807, 2.05) is 0 Å². The van der Waals surface area contributed by atoms with Gasteiger partial charge in [-0.1, -0.05) is 76.3 Å². The molecule has 1 aromatic carbocycles. The fourth-order valence-corrected chi connectivity index (χ4v) is 2.37. The predicted octanol–water partition coefficient (Wildman–Crippen LogP) is 5.54. The van der Waals surface area contributed by atoms with Gasteiger partial charge in [0.1, 0.15) is 0 Å². The fourth-order valence-electron chi connectivity index (χ4n) is 2.37. The van der Waals surface area contributed by atoms with Gasteiger partial charge in [0.2, 0.25) is 0 Å². The molecule has 0 spiro atoms. The van der Waals surface area contributed by atoms with Gasteiger partial charge in [0.15, 0.2) is 0 Å². The number of benzene rings is 1. The van der Waals surface area contributed by atoms with Crippen molar-refractivity contribution in [3.05, 3.63) is 35.9 Å². The molecule has 0 aliphatic rings. The predicted molar refractivity (Wildman–Crippen MR) is 72.9 cm³/mol. The average molecular weight is 218 g/mol. The van der Waals surface area contributed by atoms with Gasteiger partial charge >= 0.3 is 0 Å². The molecule has 0 amide bonds. The highest BCUT2D eigenvalue weighted by Gasteiger charge is 2.09. The molecule has 0 heteroatoms. The van der Waals surface area contributed by atoms with Gasteiger partial charge in [-0.15, -0.1) is 0 Å². The minimum atomic E-state index is 0.794. The molecule has 0 radical (unpaired) electrons. The molecule has 90 valence electrons. The smallest absolute Gasteiger partial charge is 0.0162 e. The summed E-state index contributed by atoms with van der Waals surface area (Å²) in [7, 11) is 0. The highest BCUT2D eigenvalue weighted by Crippen LogP contribution is 2.27. The zero-order valence-corrected chi connectivity index (χ0v) is 10.9. The largest absolute Gasteiger partial charge is 0.0654 e. The molecular weight excluding hydrogens is 192 g/mol. The Bertz CT molecular complexity index is 250. The maximum atomic E-state index is 2.29. The van der Waals surface area contributed by atoms with Crippen LogP contribution >= 0.6 is 0 Å². The first-order valence-electron chi connectivity index (χ1n) is 6.93. The molecule has 0 N–H and O–H groups in total. The van der Waals surface area contributed by atoms with Gasteiger partial charge in [0.25, 0.3) is 0 Å². The maximum Gasteiger partial charge on any atom is -0.0162 e. The Kier molecular flexibility index (Phi) is 6.96. The first-order valence-corrected chi connectivity index (χ1v) is 6.93. The van der Waals surface area contributed by atoms with Crippen molar-refractivity contribution >= 4 is 0 Å². The molecule has 1 unspecified atom stereocenters. The molecule has 0 nitrogen and oxygen atoms in total. The molecule has 0 heterocycles. The summed E-state index contributed by atoms with van der Waals surface area (Å²) in [6, 6.07) is 11.0. The van der Waals surface area contributed by atoms with Crippen LogP contribution in [0.4, 0.5) is 0 Å². The summed E-state index contributed by atoms with van der Waals surface area (Å²) in [5, 5.41) is 0. The Morgan fingerprint density at radius 3 is 2.19 bits per heavy atom. The van der Waals surface area contributed by atoms with Crippen LogP contribution in [0.2, 0.25) is 0 Å². The molecule has 0 aliphatic carbocycles. The second kappa shape index (κ2) is 8.38. The summed E-state index contributed by atoms with van der Waals surface area (Å²) in [4.78, 5) is 0. The zero-order valence-electron chi connectivity index (χ0n) is 10.9. The third kappa shape index (κ3) is 4.83. The van der Waals surface area contributed by atoms with Crippen molar-refractivity contribution in [1.82, 2.24) is 0 Å². The van der Waals surface area contributed by atoms with Crippen molar-refractivity contribution in [2.45, 2.75) is 64.7 Å². The van der Waals surface area contributed by atoms with Crippen LogP contribution < -0.4 is 0 Å². The lowest BCUT2D eigenvalue weighted by Crippen LogP contribution is -1.98. The van der Waals surface area contributed by atoms with Gasteiger partial charge in [-0.3, -0.25) is 0 Å². The Labute approximate surface area is 101 Å². The molecule has 0 saturated heterocycles. The third-order valence-corrected chi connectivity index (χ3v) is 3.31. The van der Waals surface area contributed by atoms with Crippen LogP contribution in [0.3, 0.4) is 0 Å². The highest BCUT2D eigenvalue weighted by molar-refractivity contribution is 5.19. The second-order valence-electron chi connectivity index (χ2n) is 4.75. The van der Waals surface area contributed by atoms with Crippen LogP contribution in [0.25, 0.3) is 0 Å². The molecule has 0 saturated carbocycles. The van der Waals surface area contributed by atoms with Crippen molar-refractivity contribution in [3.8, 4) is 0 Å². The van der Waals surface area contributed by atoms with E-state index < -0.39 is 0 Å². The standard InChI is InChI=1S/C16H26/c1-3-5-6-8-12-15(11-4-2)16-13-9-7-10-14-16/h7,9-10,13-15H,3-6,8,11-12H2,1-2H3. The van der Waals surface area contributed by atoms with Crippen LogP contribution in [0.5, 0.6) is 0 Å². The van der Waals surface area contributed by atoms with Crippen LogP contribution in [0.15, 0.2) is 30.3 Å². The van der Waals surface area contributed by atoms with E-state index in [1.165, 1.54) is 44.9 Å². The van der Waals surface area contributed by atoms with E-state index in [1.54, 1.807) is 5.56 Å². The Morgan fingerprint density at radius 2 is 1.56 bits per heavy atom. The first-order chi connectivity index (χ1) is 7.88.